The number of allylic oxidation sites excluding steroid dienone is 6. The summed E-state index contributed by atoms with van der Waals surface area (Å²) in [7, 11) is 0. The fourth-order valence-electron chi connectivity index (χ4n) is 10.6. The summed E-state index contributed by atoms with van der Waals surface area (Å²) in [5.41, 5.74) is 0. The van der Waals surface area contributed by atoms with Gasteiger partial charge in [-0.2, -0.15) is 0 Å². The van der Waals surface area contributed by atoms with Crippen LogP contribution in [0.5, 0.6) is 0 Å². The number of carbonyl (C=O) groups excluding carboxylic acids is 3. The number of rotatable bonds is 65. The van der Waals surface area contributed by atoms with Gasteiger partial charge in [-0.25, -0.2) is 0 Å². The van der Waals surface area contributed by atoms with Crippen LogP contribution in [-0.4, -0.2) is 37.2 Å². The lowest BCUT2D eigenvalue weighted by Gasteiger charge is -2.18. The Bertz CT molecular complexity index is 1300. The molecule has 0 aromatic carbocycles. The molecule has 6 heteroatoms. The van der Waals surface area contributed by atoms with Crippen molar-refractivity contribution in [2.45, 2.75) is 393 Å². The second-order valence-corrected chi connectivity index (χ2v) is 23.8. The van der Waals surface area contributed by atoms with E-state index in [1.54, 1.807) is 0 Å². The van der Waals surface area contributed by atoms with E-state index in [1.165, 1.54) is 276 Å². The first-order valence-electron chi connectivity index (χ1n) is 35.0. The normalized spacial score (nSPS) is 12.2. The van der Waals surface area contributed by atoms with Gasteiger partial charge in [0.05, 0.1) is 0 Å². The van der Waals surface area contributed by atoms with Crippen LogP contribution in [0, 0.1) is 0 Å². The first kappa shape index (κ1) is 75.6. The van der Waals surface area contributed by atoms with Gasteiger partial charge in [0.25, 0.3) is 0 Å². The molecule has 458 valence electrons. The van der Waals surface area contributed by atoms with E-state index in [9.17, 15) is 14.4 Å². The summed E-state index contributed by atoms with van der Waals surface area (Å²) in [6.45, 7) is 6.66. The lowest BCUT2D eigenvalue weighted by Crippen LogP contribution is -2.30. The Balaban J connectivity index is 4.19. The largest absolute Gasteiger partial charge is 0.462 e. The minimum Gasteiger partial charge on any atom is -0.462 e. The van der Waals surface area contributed by atoms with Crippen molar-refractivity contribution in [2.24, 2.45) is 0 Å². The molecular weight excluding hydrogens is 961 g/mol. The Kier molecular flexibility index (Phi) is 65.1. The third-order valence-corrected chi connectivity index (χ3v) is 15.9. The van der Waals surface area contributed by atoms with E-state index in [0.29, 0.717) is 19.3 Å². The molecule has 0 N–H and O–H groups in total. The maximum absolute atomic E-state index is 12.9. The first-order chi connectivity index (χ1) is 38.5. The molecule has 1 unspecified atom stereocenters. The van der Waals surface area contributed by atoms with Crippen LogP contribution < -0.4 is 0 Å². The smallest absolute Gasteiger partial charge is 0.306 e. The van der Waals surface area contributed by atoms with Gasteiger partial charge >= 0.3 is 17.9 Å². The average molecular weight is 1100 g/mol. The molecule has 0 aliphatic carbocycles. The van der Waals surface area contributed by atoms with E-state index >= 15 is 0 Å². The quantitative estimate of drug-likeness (QED) is 0.0261. The summed E-state index contributed by atoms with van der Waals surface area (Å²) >= 11 is 0. The standard InChI is InChI=1S/C72H134O6/c1-4-7-10-13-16-19-22-25-27-29-31-32-33-34-35-36-37-38-39-41-42-44-47-50-53-56-59-62-65-71(74)77-68-69(67-76-70(73)64-61-58-55-52-49-46-24-21-18-15-12-9-6-3)78-72(75)66-63-60-57-54-51-48-45-43-40-30-28-26-23-20-17-14-11-8-5-2/h17,20-21,24,26,28,69H,4-16,18-19,22-23,25,27,29-68H2,1-3H3/b20-17-,24-21-,28-26-. The highest BCUT2D eigenvalue weighted by molar-refractivity contribution is 5.71. The molecule has 0 radical (unpaired) electrons. The van der Waals surface area contributed by atoms with Gasteiger partial charge in [0.15, 0.2) is 6.10 Å². The fourth-order valence-corrected chi connectivity index (χ4v) is 10.6. The minimum absolute atomic E-state index is 0.0720. The SMILES string of the molecule is CCCCC/C=C\C/C=C\CCCCCCCCCCCC(=O)OC(COC(=O)CCCCCCC/C=C\CCCCCC)COC(=O)CCCCCCCCCCCCCCCCCCCCCCCCCCCCCC. The van der Waals surface area contributed by atoms with Crippen molar-refractivity contribution >= 4 is 17.9 Å². The van der Waals surface area contributed by atoms with Gasteiger partial charge in [-0.15, -0.1) is 0 Å². The van der Waals surface area contributed by atoms with E-state index in [0.717, 1.165) is 70.6 Å². The molecular formula is C72H134O6. The van der Waals surface area contributed by atoms with Crippen LogP contribution in [0.25, 0.3) is 0 Å². The summed E-state index contributed by atoms with van der Waals surface area (Å²) in [6.07, 6.45) is 83.2. The number of ether oxygens (including phenoxy) is 3. The first-order valence-corrected chi connectivity index (χ1v) is 35.0. The zero-order valence-corrected chi connectivity index (χ0v) is 52.7. The number of esters is 3. The summed E-state index contributed by atoms with van der Waals surface area (Å²) in [5, 5.41) is 0. The maximum atomic E-state index is 12.9. The van der Waals surface area contributed by atoms with E-state index in [4.69, 9.17) is 14.2 Å². The molecule has 0 heterocycles. The van der Waals surface area contributed by atoms with Crippen molar-refractivity contribution in [1.29, 1.82) is 0 Å². The topological polar surface area (TPSA) is 78.9 Å². The molecule has 6 nitrogen and oxygen atoms in total. The number of hydrogen-bond acceptors (Lipinski definition) is 6. The molecule has 0 rings (SSSR count). The Morgan fingerprint density at radius 2 is 0.462 bits per heavy atom. The van der Waals surface area contributed by atoms with E-state index in [1.807, 2.05) is 0 Å². The molecule has 1 atom stereocenters. The molecule has 0 fully saturated rings. The predicted molar refractivity (Wildman–Crippen MR) is 339 cm³/mol. The minimum atomic E-state index is -0.776. The summed E-state index contributed by atoms with van der Waals surface area (Å²) in [5.74, 6) is -0.859. The van der Waals surface area contributed by atoms with Crippen molar-refractivity contribution in [3.05, 3.63) is 36.5 Å². The molecule has 0 aromatic rings. The van der Waals surface area contributed by atoms with Crippen molar-refractivity contribution in [2.75, 3.05) is 13.2 Å². The Labute approximate surface area is 486 Å². The Morgan fingerprint density at radius 3 is 0.756 bits per heavy atom. The van der Waals surface area contributed by atoms with Crippen molar-refractivity contribution in [1.82, 2.24) is 0 Å². The highest BCUT2D eigenvalue weighted by atomic mass is 16.6. The molecule has 0 aliphatic heterocycles. The molecule has 0 saturated heterocycles. The summed E-state index contributed by atoms with van der Waals surface area (Å²) in [6, 6.07) is 0. The third kappa shape index (κ3) is 64.5. The Morgan fingerprint density at radius 1 is 0.256 bits per heavy atom. The van der Waals surface area contributed by atoms with E-state index in [2.05, 4.69) is 57.2 Å². The lowest BCUT2D eigenvalue weighted by atomic mass is 10.0. The number of carbonyl (C=O) groups is 3. The zero-order valence-electron chi connectivity index (χ0n) is 52.7. The molecule has 0 bridgehead atoms. The van der Waals surface area contributed by atoms with Gasteiger partial charge in [0.2, 0.25) is 0 Å². The van der Waals surface area contributed by atoms with Gasteiger partial charge in [-0.1, -0.05) is 327 Å². The van der Waals surface area contributed by atoms with Crippen LogP contribution in [0.15, 0.2) is 36.5 Å². The lowest BCUT2D eigenvalue weighted by molar-refractivity contribution is -0.167. The highest BCUT2D eigenvalue weighted by Crippen LogP contribution is 2.18. The third-order valence-electron chi connectivity index (χ3n) is 15.9. The summed E-state index contributed by atoms with van der Waals surface area (Å²) < 4.78 is 17.0. The molecule has 0 aromatic heterocycles. The zero-order chi connectivity index (χ0) is 56.4. The second-order valence-electron chi connectivity index (χ2n) is 23.8. The predicted octanol–water partition coefficient (Wildman–Crippen LogP) is 23.9. The van der Waals surface area contributed by atoms with Gasteiger partial charge < -0.3 is 14.2 Å². The van der Waals surface area contributed by atoms with E-state index < -0.39 is 6.10 Å². The molecule has 0 amide bonds. The van der Waals surface area contributed by atoms with E-state index in [-0.39, 0.29) is 31.1 Å². The highest BCUT2D eigenvalue weighted by Gasteiger charge is 2.19. The number of unbranched alkanes of at least 4 members (excludes halogenated alkanes) is 48. The molecule has 0 spiro atoms. The molecule has 78 heavy (non-hydrogen) atoms. The van der Waals surface area contributed by atoms with Crippen LogP contribution in [-0.2, 0) is 28.6 Å². The number of hydrogen-bond donors (Lipinski definition) is 0. The monoisotopic (exact) mass is 1100 g/mol. The van der Waals surface area contributed by atoms with Crippen LogP contribution in [0.3, 0.4) is 0 Å². The maximum Gasteiger partial charge on any atom is 0.306 e. The van der Waals surface area contributed by atoms with Crippen molar-refractivity contribution in [3.63, 3.8) is 0 Å². The molecule has 0 aliphatic rings. The average Bonchev–Trinajstić information content (AvgIpc) is 3.44. The fraction of sp³-hybridized carbons (Fsp3) is 0.875. The van der Waals surface area contributed by atoms with Crippen molar-refractivity contribution in [3.8, 4) is 0 Å². The van der Waals surface area contributed by atoms with Gasteiger partial charge in [-0.05, 0) is 77.0 Å². The summed E-state index contributed by atoms with van der Waals surface area (Å²) in [4.78, 5) is 38.4. The van der Waals surface area contributed by atoms with Crippen LogP contribution >= 0.6 is 0 Å². The van der Waals surface area contributed by atoms with Gasteiger partial charge in [-0.3, -0.25) is 14.4 Å². The van der Waals surface area contributed by atoms with Gasteiger partial charge in [0.1, 0.15) is 13.2 Å². The van der Waals surface area contributed by atoms with Gasteiger partial charge in [0, 0.05) is 19.3 Å². The van der Waals surface area contributed by atoms with Crippen LogP contribution in [0.1, 0.15) is 387 Å². The second kappa shape index (κ2) is 67.1. The van der Waals surface area contributed by atoms with Crippen LogP contribution in [0.2, 0.25) is 0 Å². The molecule has 0 saturated carbocycles. The van der Waals surface area contributed by atoms with Crippen LogP contribution in [0.4, 0.5) is 0 Å². The Hall–Kier alpha value is -2.37. The van der Waals surface area contributed by atoms with Crippen molar-refractivity contribution < 1.29 is 28.6 Å².